The Morgan fingerprint density at radius 3 is 1.82 bits per heavy atom. The summed E-state index contributed by atoms with van der Waals surface area (Å²) in [5.74, 6) is -1.70. The van der Waals surface area contributed by atoms with Gasteiger partial charge in [0.05, 0.1) is 12.3 Å². The summed E-state index contributed by atoms with van der Waals surface area (Å²) in [5.41, 5.74) is 2.60. The van der Waals surface area contributed by atoms with Crippen molar-refractivity contribution in [1.82, 2.24) is 0 Å². The fourth-order valence-electron chi connectivity index (χ4n) is 2.31. The molecule has 0 saturated carbocycles. The van der Waals surface area contributed by atoms with E-state index in [1.165, 1.54) is 0 Å². The molecule has 1 atom stereocenters. The van der Waals surface area contributed by atoms with Crippen molar-refractivity contribution in [3.63, 3.8) is 0 Å². The van der Waals surface area contributed by atoms with Crippen LogP contribution >= 0.6 is 0 Å². The van der Waals surface area contributed by atoms with E-state index >= 15 is 0 Å². The van der Waals surface area contributed by atoms with Crippen LogP contribution in [0.25, 0.3) is 0 Å². The van der Waals surface area contributed by atoms with Crippen LogP contribution in [0.3, 0.4) is 0 Å². The van der Waals surface area contributed by atoms with Crippen molar-refractivity contribution in [3.05, 3.63) is 70.8 Å². The zero-order chi connectivity index (χ0) is 16.3. The number of hydrogen-bond acceptors (Lipinski definition) is 1. The molecule has 2 aromatic rings. The van der Waals surface area contributed by atoms with Gasteiger partial charge in [-0.1, -0.05) is 59.7 Å². The van der Waals surface area contributed by atoms with E-state index in [4.69, 9.17) is 0 Å². The van der Waals surface area contributed by atoms with Crippen LogP contribution in [0.15, 0.2) is 48.5 Å². The minimum atomic E-state index is -4.39. The first-order chi connectivity index (χ1) is 10.3. The highest BCUT2D eigenvalue weighted by Crippen LogP contribution is 2.33. The molecule has 116 valence electrons. The second-order valence-corrected chi connectivity index (χ2v) is 5.51. The Balaban J connectivity index is 2.37. The number of alkyl halides is 3. The van der Waals surface area contributed by atoms with Gasteiger partial charge in [-0.05, 0) is 19.4 Å². The summed E-state index contributed by atoms with van der Waals surface area (Å²) in [4.78, 5) is 12.5. The fourth-order valence-corrected chi connectivity index (χ4v) is 2.31. The van der Waals surface area contributed by atoms with Crippen LogP contribution < -0.4 is 0 Å². The molecule has 0 N–H and O–H groups in total. The van der Waals surface area contributed by atoms with Gasteiger partial charge in [0.1, 0.15) is 0 Å². The van der Waals surface area contributed by atoms with Crippen molar-refractivity contribution in [2.75, 3.05) is 0 Å². The zero-order valence-electron chi connectivity index (χ0n) is 12.4. The lowest BCUT2D eigenvalue weighted by Crippen LogP contribution is -2.21. The Morgan fingerprint density at radius 2 is 1.36 bits per heavy atom. The van der Waals surface area contributed by atoms with Gasteiger partial charge in [0, 0.05) is 5.56 Å². The normalized spacial score (nSPS) is 13.0. The first-order valence-electron chi connectivity index (χ1n) is 7.00. The van der Waals surface area contributed by atoms with Crippen LogP contribution in [0, 0.1) is 13.8 Å². The van der Waals surface area contributed by atoms with Crippen LogP contribution in [0.2, 0.25) is 0 Å². The zero-order valence-corrected chi connectivity index (χ0v) is 12.4. The Morgan fingerprint density at radius 1 is 0.909 bits per heavy atom. The summed E-state index contributed by atoms with van der Waals surface area (Å²) >= 11 is 0. The maximum absolute atomic E-state index is 12.9. The molecule has 0 spiro atoms. The number of benzene rings is 2. The molecule has 1 nitrogen and oxygen atoms in total. The number of ketones is 1. The van der Waals surface area contributed by atoms with Gasteiger partial charge in [-0.2, -0.15) is 13.2 Å². The molecule has 0 fully saturated rings. The SMILES string of the molecule is Cc1ccc(C(=O)[C@H](CC(F)(F)F)c2ccc(C)cc2)cc1. The van der Waals surface area contributed by atoms with Gasteiger partial charge in [-0.25, -0.2) is 0 Å². The number of rotatable bonds is 4. The monoisotopic (exact) mass is 306 g/mol. The molecule has 2 rings (SSSR count). The van der Waals surface area contributed by atoms with E-state index in [0.29, 0.717) is 11.1 Å². The summed E-state index contributed by atoms with van der Waals surface area (Å²) in [6.45, 7) is 3.71. The van der Waals surface area contributed by atoms with Gasteiger partial charge in [0.15, 0.2) is 5.78 Å². The van der Waals surface area contributed by atoms with Gasteiger partial charge >= 0.3 is 6.18 Å². The first-order valence-corrected chi connectivity index (χ1v) is 7.00. The Bertz CT molecular complexity index is 640. The van der Waals surface area contributed by atoms with Crippen molar-refractivity contribution >= 4 is 5.78 Å². The van der Waals surface area contributed by atoms with E-state index in [-0.39, 0.29) is 0 Å². The number of aryl methyl sites for hydroxylation is 2. The predicted molar refractivity (Wildman–Crippen MR) is 80.1 cm³/mol. The molecule has 0 saturated heterocycles. The molecular formula is C18H17F3O. The third-order valence-electron chi connectivity index (χ3n) is 3.57. The third kappa shape index (κ3) is 4.20. The molecule has 0 unspecified atom stereocenters. The number of carbonyl (C=O) groups excluding carboxylic acids is 1. The molecule has 22 heavy (non-hydrogen) atoms. The molecule has 0 aliphatic rings. The first kappa shape index (κ1) is 16.3. The minimum Gasteiger partial charge on any atom is -0.293 e. The molecule has 0 aliphatic heterocycles. The van der Waals surface area contributed by atoms with Crippen LogP contribution in [-0.4, -0.2) is 12.0 Å². The molecule has 0 aliphatic carbocycles. The van der Waals surface area contributed by atoms with E-state index in [0.717, 1.165) is 11.1 Å². The van der Waals surface area contributed by atoms with E-state index < -0.39 is 24.3 Å². The summed E-state index contributed by atoms with van der Waals surface area (Å²) in [5, 5.41) is 0. The van der Waals surface area contributed by atoms with Crippen LogP contribution in [0.1, 0.15) is 39.4 Å². The smallest absolute Gasteiger partial charge is 0.293 e. The van der Waals surface area contributed by atoms with Crippen molar-refractivity contribution < 1.29 is 18.0 Å². The summed E-state index contributed by atoms with van der Waals surface area (Å²) in [6.07, 6.45) is -5.54. The molecule has 0 bridgehead atoms. The number of carbonyl (C=O) groups is 1. The Kier molecular flexibility index (Phi) is 4.69. The molecule has 0 heterocycles. The van der Waals surface area contributed by atoms with Gasteiger partial charge in [0.2, 0.25) is 0 Å². The average Bonchev–Trinajstić information content (AvgIpc) is 2.45. The maximum Gasteiger partial charge on any atom is 0.390 e. The largest absolute Gasteiger partial charge is 0.390 e. The molecule has 0 amide bonds. The van der Waals surface area contributed by atoms with Crippen molar-refractivity contribution in [1.29, 1.82) is 0 Å². The van der Waals surface area contributed by atoms with E-state index in [1.807, 2.05) is 13.8 Å². The molecule has 0 radical (unpaired) electrons. The Hall–Kier alpha value is -2.10. The lowest BCUT2D eigenvalue weighted by atomic mass is 9.87. The molecule has 0 aromatic heterocycles. The number of halogens is 3. The topological polar surface area (TPSA) is 17.1 Å². The maximum atomic E-state index is 12.9. The third-order valence-corrected chi connectivity index (χ3v) is 3.57. The van der Waals surface area contributed by atoms with E-state index in [9.17, 15) is 18.0 Å². The lowest BCUT2D eigenvalue weighted by molar-refractivity contribution is -0.136. The van der Waals surface area contributed by atoms with Gasteiger partial charge in [0.25, 0.3) is 0 Å². The second-order valence-electron chi connectivity index (χ2n) is 5.51. The molecule has 2 aromatic carbocycles. The highest BCUT2D eigenvalue weighted by molar-refractivity contribution is 6.01. The number of hydrogen-bond donors (Lipinski definition) is 0. The molecular weight excluding hydrogens is 289 g/mol. The Labute approximate surface area is 127 Å². The predicted octanol–water partition coefficient (Wildman–Crippen LogP) is 5.22. The summed E-state index contributed by atoms with van der Waals surface area (Å²) < 4.78 is 38.6. The van der Waals surface area contributed by atoms with Gasteiger partial charge in [-0.15, -0.1) is 0 Å². The number of Topliss-reactive ketones (excluding diaryl/α,β-unsaturated/α-hetero) is 1. The van der Waals surface area contributed by atoms with Crippen molar-refractivity contribution in [2.45, 2.75) is 32.4 Å². The van der Waals surface area contributed by atoms with Crippen molar-refractivity contribution in [3.8, 4) is 0 Å². The minimum absolute atomic E-state index is 0.306. The van der Waals surface area contributed by atoms with Gasteiger partial charge in [-0.3, -0.25) is 4.79 Å². The average molecular weight is 306 g/mol. The van der Waals surface area contributed by atoms with Crippen LogP contribution in [-0.2, 0) is 0 Å². The quantitative estimate of drug-likeness (QED) is 0.708. The fraction of sp³-hybridized carbons (Fsp3) is 0.278. The van der Waals surface area contributed by atoms with Crippen LogP contribution in [0.4, 0.5) is 13.2 Å². The molecule has 4 heteroatoms. The van der Waals surface area contributed by atoms with Gasteiger partial charge < -0.3 is 0 Å². The van der Waals surface area contributed by atoms with E-state index in [2.05, 4.69) is 0 Å². The lowest BCUT2D eigenvalue weighted by Gasteiger charge is -2.18. The highest BCUT2D eigenvalue weighted by Gasteiger charge is 2.36. The van der Waals surface area contributed by atoms with Crippen molar-refractivity contribution in [2.24, 2.45) is 0 Å². The standard InChI is InChI=1S/C18H17F3O/c1-12-3-7-14(8-4-12)16(11-18(19,20)21)17(22)15-9-5-13(2)6-10-15/h3-10,16H,11H2,1-2H3/t16-/m1/s1. The summed E-state index contributed by atoms with van der Waals surface area (Å²) in [6, 6.07) is 13.3. The van der Waals surface area contributed by atoms with E-state index in [1.54, 1.807) is 48.5 Å². The summed E-state index contributed by atoms with van der Waals surface area (Å²) in [7, 11) is 0. The van der Waals surface area contributed by atoms with Crippen LogP contribution in [0.5, 0.6) is 0 Å². The second kappa shape index (κ2) is 6.34. The highest BCUT2D eigenvalue weighted by atomic mass is 19.4.